The number of fused-ring (bicyclic) bond motifs is 1. The van der Waals surface area contributed by atoms with Gasteiger partial charge in [0.2, 0.25) is 0 Å². The Morgan fingerprint density at radius 1 is 1.25 bits per heavy atom. The van der Waals surface area contributed by atoms with Gasteiger partial charge in [-0.25, -0.2) is 4.98 Å². The van der Waals surface area contributed by atoms with Gasteiger partial charge in [0.05, 0.1) is 5.52 Å². The zero-order valence-electron chi connectivity index (χ0n) is 6.58. The van der Waals surface area contributed by atoms with Crippen LogP contribution in [0.1, 0.15) is 5.69 Å². The van der Waals surface area contributed by atoms with Crippen LogP contribution in [-0.2, 0) is 0 Å². The van der Waals surface area contributed by atoms with Gasteiger partial charge in [0.15, 0.2) is 0 Å². The molecule has 0 atom stereocenters. The quantitative estimate of drug-likeness (QED) is 0.543. The van der Waals surface area contributed by atoms with Gasteiger partial charge in [-0.3, -0.25) is 4.98 Å². The zero-order chi connectivity index (χ0) is 8.55. The Kier molecular flexibility index (Phi) is 1.96. The molecule has 2 aromatic heterocycles. The van der Waals surface area contributed by atoms with Crippen molar-refractivity contribution in [2.75, 3.05) is 0 Å². The van der Waals surface area contributed by atoms with Crippen LogP contribution in [0.2, 0.25) is 0 Å². The number of nitrogens with zero attached hydrogens (tertiary/aromatic N) is 2. The lowest BCUT2D eigenvalue weighted by Crippen LogP contribution is -1.87. The number of halogens is 1. The average molecular weight is 270 g/mol. The van der Waals surface area contributed by atoms with Crippen molar-refractivity contribution in [2.24, 2.45) is 0 Å². The molecule has 0 amide bonds. The van der Waals surface area contributed by atoms with Crippen LogP contribution < -0.4 is 0 Å². The van der Waals surface area contributed by atoms with Crippen molar-refractivity contribution >= 4 is 33.5 Å². The molecule has 12 heavy (non-hydrogen) atoms. The van der Waals surface area contributed by atoms with Gasteiger partial charge in [-0.2, -0.15) is 0 Å². The molecule has 0 aliphatic rings. The summed E-state index contributed by atoms with van der Waals surface area (Å²) >= 11 is 2.21. The van der Waals surface area contributed by atoms with Crippen LogP contribution in [0.15, 0.2) is 24.4 Å². The summed E-state index contributed by atoms with van der Waals surface area (Å²) in [6, 6.07) is 5.99. The van der Waals surface area contributed by atoms with Crippen LogP contribution in [0.5, 0.6) is 0 Å². The largest absolute Gasteiger partial charge is 0.261 e. The van der Waals surface area contributed by atoms with E-state index in [0.717, 1.165) is 20.3 Å². The summed E-state index contributed by atoms with van der Waals surface area (Å²) < 4.78 is 1.02. The van der Waals surface area contributed by atoms with Gasteiger partial charge in [0.1, 0.15) is 3.70 Å². The fraction of sp³-hybridized carbons (Fsp3) is 0.111. The van der Waals surface area contributed by atoms with Crippen molar-refractivity contribution < 1.29 is 0 Å². The van der Waals surface area contributed by atoms with Gasteiger partial charge >= 0.3 is 0 Å². The summed E-state index contributed by atoms with van der Waals surface area (Å²) in [4.78, 5) is 8.58. The highest BCUT2D eigenvalue weighted by Gasteiger charge is 1.98. The Morgan fingerprint density at radius 2 is 2.08 bits per heavy atom. The SMILES string of the molecule is Cc1nccc2nc(I)ccc12. The first kappa shape index (κ1) is 7.91. The molecule has 0 aliphatic carbocycles. The fourth-order valence-electron chi connectivity index (χ4n) is 1.17. The molecule has 0 spiro atoms. The molecule has 0 unspecified atom stereocenters. The third-order valence-corrected chi connectivity index (χ3v) is 2.38. The van der Waals surface area contributed by atoms with Crippen LogP contribution in [0, 0.1) is 10.6 Å². The second-order valence-corrected chi connectivity index (χ2v) is 3.70. The standard InChI is InChI=1S/C9H7IN2/c1-6-7-2-3-9(10)12-8(7)4-5-11-6/h2-5H,1H3. The number of hydrogen-bond acceptors (Lipinski definition) is 2. The maximum atomic E-state index is 4.38. The Bertz CT molecular complexity index is 426. The van der Waals surface area contributed by atoms with Gasteiger partial charge in [-0.15, -0.1) is 0 Å². The highest BCUT2D eigenvalue weighted by Crippen LogP contribution is 2.15. The van der Waals surface area contributed by atoms with Crippen molar-refractivity contribution in [1.82, 2.24) is 9.97 Å². The van der Waals surface area contributed by atoms with Gasteiger partial charge in [-0.1, -0.05) is 0 Å². The zero-order valence-corrected chi connectivity index (χ0v) is 8.74. The van der Waals surface area contributed by atoms with Crippen LogP contribution >= 0.6 is 22.6 Å². The Balaban J connectivity index is 2.86. The molecule has 0 N–H and O–H groups in total. The van der Waals surface area contributed by atoms with Crippen molar-refractivity contribution in [2.45, 2.75) is 6.92 Å². The van der Waals surface area contributed by atoms with E-state index in [9.17, 15) is 0 Å². The summed E-state index contributed by atoms with van der Waals surface area (Å²) in [5, 5.41) is 1.14. The molecule has 0 aliphatic heterocycles. The minimum atomic E-state index is 1.02. The Labute approximate surface area is 84.2 Å². The number of rotatable bonds is 0. The number of hydrogen-bond donors (Lipinski definition) is 0. The molecule has 2 heterocycles. The predicted molar refractivity (Wildman–Crippen MR) is 57.0 cm³/mol. The van der Waals surface area contributed by atoms with E-state index < -0.39 is 0 Å². The lowest BCUT2D eigenvalue weighted by molar-refractivity contribution is 1.21. The van der Waals surface area contributed by atoms with E-state index >= 15 is 0 Å². The first-order valence-electron chi connectivity index (χ1n) is 3.65. The first-order chi connectivity index (χ1) is 5.77. The molecule has 3 heteroatoms. The van der Waals surface area contributed by atoms with E-state index in [4.69, 9.17) is 0 Å². The highest BCUT2D eigenvalue weighted by atomic mass is 127. The summed E-state index contributed by atoms with van der Waals surface area (Å²) in [6.07, 6.45) is 1.79. The number of pyridine rings is 2. The van der Waals surface area contributed by atoms with E-state index in [-0.39, 0.29) is 0 Å². The summed E-state index contributed by atoms with van der Waals surface area (Å²) in [5.41, 5.74) is 2.06. The topological polar surface area (TPSA) is 25.8 Å². The van der Waals surface area contributed by atoms with Crippen LogP contribution in [-0.4, -0.2) is 9.97 Å². The molecular formula is C9H7IN2. The van der Waals surface area contributed by atoms with Gasteiger partial charge in [-0.05, 0) is 47.7 Å². The molecule has 2 rings (SSSR count). The fourth-order valence-corrected chi connectivity index (χ4v) is 1.61. The predicted octanol–water partition coefficient (Wildman–Crippen LogP) is 2.54. The average Bonchev–Trinajstić information content (AvgIpc) is 2.04. The minimum Gasteiger partial charge on any atom is -0.261 e. The summed E-state index contributed by atoms with van der Waals surface area (Å²) in [5.74, 6) is 0. The first-order valence-corrected chi connectivity index (χ1v) is 4.73. The maximum Gasteiger partial charge on any atom is 0.102 e. The van der Waals surface area contributed by atoms with Gasteiger partial charge < -0.3 is 0 Å². The van der Waals surface area contributed by atoms with Gasteiger partial charge in [0, 0.05) is 17.3 Å². The van der Waals surface area contributed by atoms with E-state index in [2.05, 4.69) is 38.6 Å². The van der Waals surface area contributed by atoms with E-state index in [1.807, 2.05) is 19.1 Å². The smallest absolute Gasteiger partial charge is 0.102 e. The van der Waals surface area contributed by atoms with Crippen LogP contribution in [0.25, 0.3) is 10.9 Å². The summed E-state index contributed by atoms with van der Waals surface area (Å²) in [6.45, 7) is 2.00. The summed E-state index contributed by atoms with van der Waals surface area (Å²) in [7, 11) is 0. The Morgan fingerprint density at radius 3 is 2.92 bits per heavy atom. The highest BCUT2D eigenvalue weighted by molar-refractivity contribution is 14.1. The molecule has 0 fully saturated rings. The third-order valence-electron chi connectivity index (χ3n) is 1.78. The van der Waals surface area contributed by atoms with Crippen LogP contribution in [0.4, 0.5) is 0 Å². The van der Waals surface area contributed by atoms with Crippen molar-refractivity contribution in [3.8, 4) is 0 Å². The normalized spacial score (nSPS) is 10.5. The third kappa shape index (κ3) is 1.29. The number of aromatic nitrogens is 2. The molecule has 0 radical (unpaired) electrons. The monoisotopic (exact) mass is 270 g/mol. The van der Waals surface area contributed by atoms with Gasteiger partial charge in [0.25, 0.3) is 0 Å². The van der Waals surface area contributed by atoms with Crippen molar-refractivity contribution in [3.63, 3.8) is 0 Å². The molecule has 2 nitrogen and oxygen atoms in total. The second kappa shape index (κ2) is 2.97. The number of aryl methyl sites for hydroxylation is 1. The van der Waals surface area contributed by atoms with E-state index in [1.54, 1.807) is 6.20 Å². The maximum absolute atomic E-state index is 4.38. The lowest BCUT2D eigenvalue weighted by atomic mass is 10.2. The molecule has 0 saturated heterocycles. The van der Waals surface area contributed by atoms with Crippen molar-refractivity contribution in [1.29, 1.82) is 0 Å². The van der Waals surface area contributed by atoms with Crippen LogP contribution in [0.3, 0.4) is 0 Å². The van der Waals surface area contributed by atoms with E-state index in [0.29, 0.717) is 0 Å². The molecule has 60 valence electrons. The van der Waals surface area contributed by atoms with E-state index in [1.165, 1.54) is 0 Å². The molecule has 0 saturated carbocycles. The molecule has 0 aromatic carbocycles. The van der Waals surface area contributed by atoms with Crippen molar-refractivity contribution in [3.05, 3.63) is 33.8 Å². The molecule has 0 bridgehead atoms. The molecule has 2 aromatic rings. The molecular weight excluding hydrogens is 263 g/mol. The Hall–Kier alpha value is -0.710. The minimum absolute atomic E-state index is 1.02. The lowest BCUT2D eigenvalue weighted by Gasteiger charge is -1.99. The second-order valence-electron chi connectivity index (χ2n) is 2.60.